The monoisotopic (exact) mass is 436 g/mol. The number of nitrogens with zero attached hydrogens (tertiary/aromatic N) is 3. The molecule has 11 heteroatoms. The maximum Gasteiger partial charge on any atom is 0.254 e. The van der Waals surface area contributed by atoms with E-state index in [1.165, 1.54) is 6.20 Å². The Morgan fingerprint density at radius 3 is 2.62 bits per heavy atom. The second kappa shape index (κ2) is 8.41. The lowest BCUT2D eigenvalue weighted by Gasteiger charge is -2.32. The minimum absolute atomic E-state index is 0.202. The average Bonchev–Trinajstić information content (AvgIpc) is 3.06. The summed E-state index contributed by atoms with van der Waals surface area (Å²) < 4.78 is 27.1. The number of anilines is 2. The van der Waals surface area contributed by atoms with Gasteiger partial charge >= 0.3 is 0 Å². The lowest BCUT2D eigenvalue weighted by molar-refractivity contribution is 0.100. The predicted molar refractivity (Wildman–Crippen MR) is 109 cm³/mol. The molecule has 0 aliphatic heterocycles. The van der Waals surface area contributed by atoms with Gasteiger partial charge in [-0.15, -0.1) is 0 Å². The van der Waals surface area contributed by atoms with Gasteiger partial charge in [0.2, 0.25) is 10.0 Å². The normalized spacial score (nSPS) is 22.0. The quantitative estimate of drug-likeness (QED) is 0.633. The van der Waals surface area contributed by atoms with E-state index in [0.717, 1.165) is 6.26 Å². The molecular weight excluding hydrogens is 416 g/mol. The van der Waals surface area contributed by atoms with Crippen LogP contribution >= 0.6 is 11.6 Å². The summed E-state index contributed by atoms with van der Waals surface area (Å²) in [5.41, 5.74) is 6.38. The van der Waals surface area contributed by atoms with E-state index >= 15 is 0 Å². The lowest BCUT2D eigenvalue weighted by Crippen LogP contribution is -2.40. The van der Waals surface area contributed by atoms with Crippen LogP contribution in [0, 0.1) is 17.2 Å². The van der Waals surface area contributed by atoms with Crippen LogP contribution in [0.25, 0.3) is 0 Å². The van der Waals surface area contributed by atoms with Gasteiger partial charge in [-0.2, -0.15) is 10.4 Å². The molecule has 0 spiro atoms. The fraction of sp³-hybridized carbons (Fsp3) is 0.389. The van der Waals surface area contributed by atoms with Gasteiger partial charge in [0.1, 0.15) is 5.56 Å². The van der Waals surface area contributed by atoms with Crippen molar-refractivity contribution >= 4 is 39.0 Å². The molecule has 1 aromatic carbocycles. The molecule has 29 heavy (non-hydrogen) atoms. The molecule has 1 aromatic heterocycles. The highest BCUT2D eigenvalue weighted by Crippen LogP contribution is 2.35. The second-order valence-electron chi connectivity index (χ2n) is 7.07. The number of rotatable bonds is 6. The van der Waals surface area contributed by atoms with Crippen molar-refractivity contribution in [3.63, 3.8) is 0 Å². The summed E-state index contributed by atoms with van der Waals surface area (Å²) in [4.78, 5) is 11.9. The zero-order valence-electron chi connectivity index (χ0n) is 15.7. The van der Waals surface area contributed by atoms with Gasteiger partial charge in [0.25, 0.3) is 5.91 Å². The fourth-order valence-electron chi connectivity index (χ4n) is 3.52. The van der Waals surface area contributed by atoms with Crippen molar-refractivity contribution in [2.24, 2.45) is 11.7 Å². The second-order valence-corrected chi connectivity index (χ2v) is 9.29. The Bertz CT molecular complexity index is 1040. The van der Waals surface area contributed by atoms with Crippen LogP contribution in [0.5, 0.6) is 0 Å². The highest BCUT2D eigenvalue weighted by Gasteiger charge is 2.34. The number of nitrogens with one attached hydrogen (secondary N) is 2. The Morgan fingerprint density at radius 2 is 2.03 bits per heavy atom. The first-order valence-corrected chi connectivity index (χ1v) is 11.2. The van der Waals surface area contributed by atoms with Gasteiger partial charge < -0.3 is 11.1 Å². The summed E-state index contributed by atoms with van der Waals surface area (Å²) in [6, 6.07) is 8.52. The van der Waals surface area contributed by atoms with Crippen molar-refractivity contribution in [2.75, 3.05) is 11.6 Å². The number of sulfonamides is 1. The number of nitrogens with two attached hydrogens (primary N) is 1. The number of carbonyl (C=O) groups excluding carboxylic acids is 1. The number of aromatic nitrogens is 2. The minimum atomic E-state index is -3.35. The Balaban J connectivity index is 1.84. The molecule has 3 atom stereocenters. The van der Waals surface area contributed by atoms with Crippen molar-refractivity contribution in [1.29, 1.82) is 5.26 Å². The van der Waals surface area contributed by atoms with Crippen LogP contribution in [-0.4, -0.2) is 36.4 Å². The van der Waals surface area contributed by atoms with Crippen molar-refractivity contribution in [3.8, 4) is 6.07 Å². The van der Waals surface area contributed by atoms with E-state index in [-0.39, 0.29) is 23.5 Å². The van der Waals surface area contributed by atoms with E-state index in [9.17, 15) is 18.5 Å². The Kier molecular flexibility index (Phi) is 6.12. The van der Waals surface area contributed by atoms with Crippen LogP contribution in [0.15, 0.2) is 30.5 Å². The van der Waals surface area contributed by atoms with E-state index in [1.54, 1.807) is 28.9 Å². The molecule has 1 amide bonds. The van der Waals surface area contributed by atoms with E-state index in [1.807, 2.05) is 0 Å². The Hall–Kier alpha value is -2.61. The topological polar surface area (TPSA) is 143 Å². The summed E-state index contributed by atoms with van der Waals surface area (Å²) in [5.74, 6) is -0.825. The van der Waals surface area contributed by atoms with Crippen molar-refractivity contribution in [1.82, 2.24) is 14.5 Å². The number of hydrogen-bond donors (Lipinski definition) is 3. The van der Waals surface area contributed by atoms with E-state index < -0.39 is 21.8 Å². The van der Waals surface area contributed by atoms with Crippen molar-refractivity contribution in [2.45, 2.75) is 31.3 Å². The highest BCUT2D eigenvalue weighted by molar-refractivity contribution is 7.88. The van der Waals surface area contributed by atoms with Gasteiger partial charge in [-0.3, -0.25) is 9.48 Å². The standard InChI is InChI=1S/C18H21ClN6O3S/c1-29(27,28)24-14-6-7-16(11(8-14)9-20)25-10-15(17(21)26)18(23-25)22-13-4-2-12(19)3-5-13/h2-5,10-11,14,16,24H,6-8H2,1H3,(H2,21,26)(H,22,23)/t11-,14+,16+/m1/s1. The number of hydrogen-bond acceptors (Lipinski definition) is 6. The Labute approximate surface area is 173 Å². The van der Waals surface area contributed by atoms with Crippen LogP contribution in [0.3, 0.4) is 0 Å². The third-order valence-corrected chi connectivity index (χ3v) is 5.82. The molecular formula is C18H21ClN6O3S. The molecule has 0 radical (unpaired) electrons. The molecule has 1 aliphatic rings. The first-order chi connectivity index (χ1) is 13.7. The smallest absolute Gasteiger partial charge is 0.254 e. The van der Waals surface area contributed by atoms with Gasteiger partial charge in [-0.25, -0.2) is 13.1 Å². The molecule has 9 nitrogen and oxygen atoms in total. The zero-order valence-corrected chi connectivity index (χ0v) is 17.2. The molecule has 1 saturated carbocycles. The average molecular weight is 437 g/mol. The van der Waals surface area contributed by atoms with E-state index in [4.69, 9.17) is 17.3 Å². The number of nitriles is 1. The third kappa shape index (κ3) is 5.26. The van der Waals surface area contributed by atoms with Crippen LogP contribution in [0.4, 0.5) is 11.5 Å². The first kappa shape index (κ1) is 21.1. The van der Waals surface area contributed by atoms with E-state index in [0.29, 0.717) is 30.0 Å². The van der Waals surface area contributed by atoms with Crippen molar-refractivity contribution < 1.29 is 13.2 Å². The van der Waals surface area contributed by atoms with Gasteiger partial charge in [-0.05, 0) is 43.5 Å². The van der Waals surface area contributed by atoms with Crippen LogP contribution in [0.1, 0.15) is 35.7 Å². The van der Waals surface area contributed by atoms with Crippen LogP contribution in [0.2, 0.25) is 5.02 Å². The van der Waals surface area contributed by atoms with E-state index in [2.05, 4.69) is 21.2 Å². The highest BCUT2D eigenvalue weighted by atomic mass is 35.5. The third-order valence-electron chi connectivity index (χ3n) is 4.80. The molecule has 3 rings (SSSR count). The number of primary amides is 1. The number of amides is 1. The number of benzene rings is 1. The molecule has 0 bridgehead atoms. The maximum atomic E-state index is 11.9. The molecule has 1 fully saturated rings. The summed E-state index contributed by atoms with van der Waals surface area (Å²) >= 11 is 5.89. The van der Waals surface area contributed by atoms with Gasteiger partial charge in [0.15, 0.2) is 5.82 Å². The molecule has 0 saturated heterocycles. The minimum Gasteiger partial charge on any atom is -0.365 e. The van der Waals surface area contributed by atoms with Crippen molar-refractivity contribution in [3.05, 3.63) is 41.0 Å². The van der Waals surface area contributed by atoms with Gasteiger partial charge in [-0.1, -0.05) is 11.6 Å². The van der Waals surface area contributed by atoms with Gasteiger partial charge in [0.05, 0.1) is 24.3 Å². The van der Waals surface area contributed by atoms with Gasteiger partial charge in [0, 0.05) is 22.9 Å². The molecule has 1 heterocycles. The van der Waals surface area contributed by atoms with Crippen LogP contribution < -0.4 is 15.8 Å². The first-order valence-electron chi connectivity index (χ1n) is 8.94. The SMILES string of the molecule is CS(=O)(=O)N[C@H]1CC[C@H](n2cc(C(N)=O)c(Nc3ccc(Cl)cc3)n2)[C@@H](C#N)C1. The molecule has 1 aliphatic carbocycles. The summed E-state index contributed by atoms with van der Waals surface area (Å²) in [7, 11) is -3.35. The number of halogens is 1. The van der Waals surface area contributed by atoms with Crippen LogP contribution in [-0.2, 0) is 10.0 Å². The number of carbonyl (C=O) groups is 1. The lowest BCUT2D eigenvalue weighted by atomic mass is 9.83. The maximum absolute atomic E-state index is 11.9. The summed E-state index contributed by atoms with van der Waals surface area (Å²) in [5, 5.41) is 17.7. The predicted octanol–water partition coefficient (Wildman–Crippen LogP) is 2.16. The largest absolute Gasteiger partial charge is 0.365 e. The fourth-order valence-corrected chi connectivity index (χ4v) is 4.47. The summed E-state index contributed by atoms with van der Waals surface area (Å²) in [6.45, 7) is 0. The molecule has 2 aromatic rings. The Morgan fingerprint density at radius 1 is 1.34 bits per heavy atom. The zero-order chi connectivity index (χ0) is 21.2. The molecule has 154 valence electrons. The molecule has 0 unspecified atom stereocenters. The molecule has 4 N–H and O–H groups in total. The summed E-state index contributed by atoms with van der Waals surface area (Å²) in [6.07, 6.45) is 4.08.